The summed E-state index contributed by atoms with van der Waals surface area (Å²) in [6.45, 7) is 8.34. The minimum absolute atomic E-state index is 0.877. The predicted octanol–water partition coefficient (Wildman–Crippen LogP) is 3.89. The summed E-state index contributed by atoms with van der Waals surface area (Å²) in [5, 5.41) is 0. The fraction of sp³-hybridized carbons (Fsp3) is 0.250. The van der Waals surface area contributed by atoms with Gasteiger partial charge in [-0.2, -0.15) is 0 Å². The molecule has 1 heterocycles. The van der Waals surface area contributed by atoms with Gasteiger partial charge in [-0.1, -0.05) is 18.2 Å². The average Bonchev–Trinajstić information content (AvgIpc) is 2.43. The first-order valence-corrected chi connectivity index (χ1v) is 9.59. The average molecular weight is 284 g/mol. The third kappa shape index (κ3) is 3.54. The van der Waals surface area contributed by atoms with Gasteiger partial charge in [-0.3, -0.25) is 4.98 Å². The Morgan fingerprint density at radius 3 is 2.60 bits per heavy atom. The van der Waals surface area contributed by atoms with Crippen LogP contribution in [-0.4, -0.2) is 19.7 Å². The molecular weight excluding hydrogens is 264 g/mol. The van der Waals surface area contributed by atoms with Crippen LogP contribution in [0, 0.1) is 6.92 Å². The molecule has 0 fully saturated rings. The van der Waals surface area contributed by atoms with Gasteiger partial charge in [0.15, 0.2) is 0 Å². The van der Waals surface area contributed by atoms with Crippen LogP contribution < -0.4 is 4.43 Å². The molecule has 0 atom stereocenters. The molecule has 0 saturated carbocycles. The number of para-hydroxylation sites is 1. The molecule has 2 rings (SSSR count). The van der Waals surface area contributed by atoms with Crippen molar-refractivity contribution in [1.82, 2.24) is 4.98 Å². The van der Waals surface area contributed by atoms with E-state index in [0.717, 1.165) is 28.4 Å². The molecule has 1 aromatic carbocycles. The van der Waals surface area contributed by atoms with Gasteiger partial charge in [0.25, 0.3) is 0 Å². The lowest BCUT2D eigenvalue weighted by Crippen LogP contribution is -2.11. The van der Waals surface area contributed by atoms with Gasteiger partial charge < -0.3 is 4.43 Å². The number of rotatable bonds is 4. The fourth-order valence-electron chi connectivity index (χ4n) is 1.93. The van der Waals surface area contributed by atoms with Crippen molar-refractivity contribution >= 4 is 20.4 Å². The van der Waals surface area contributed by atoms with E-state index in [4.69, 9.17) is 9.42 Å². The van der Waals surface area contributed by atoms with E-state index in [1.807, 2.05) is 37.3 Å². The van der Waals surface area contributed by atoms with Crippen molar-refractivity contribution in [3.05, 3.63) is 53.9 Å². The van der Waals surface area contributed by atoms with E-state index in [0.29, 0.717) is 0 Å². The van der Waals surface area contributed by atoms with E-state index in [9.17, 15) is 0 Å². The van der Waals surface area contributed by atoms with Gasteiger partial charge in [0, 0.05) is 6.20 Å². The molecule has 0 aliphatic rings. The largest absolute Gasteiger partial charge is 0.546 e. The second kappa shape index (κ2) is 6.48. The van der Waals surface area contributed by atoms with Crippen LogP contribution in [0.1, 0.15) is 18.2 Å². The molecular formula is C16H20N2OSi. The lowest BCUT2D eigenvalue weighted by Gasteiger charge is -2.14. The van der Waals surface area contributed by atoms with Crippen LogP contribution in [0.5, 0.6) is 5.75 Å². The Morgan fingerprint density at radius 1 is 1.15 bits per heavy atom. The molecule has 4 heteroatoms. The first-order chi connectivity index (χ1) is 9.58. The van der Waals surface area contributed by atoms with Gasteiger partial charge in [-0.25, -0.2) is 4.99 Å². The standard InChI is InChI=1S/C16H20N2OSi/c1-12-8-7-10-15(19-20(3)4)16(12)18-13(2)14-9-5-6-11-17-14/h5-11,20H,1-4H3. The van der Waals surface area contributed by atoms with E-state index in [2.05, 4.69) is 31.1 Å². The number of aryl methyl sites for hydroxylation is 1. The molecule has 0 saturated heterocycles. The minimum Gasteiger partial charge on any atom is -0.546 e. The molecule has 0 radical (unpaired) electrons. The first kappa shape index (κ1) is 14.5. The minimum atomic E-state index is -1.15. The third-order valence-electron chi connectivity index (χ3n) is 2.88. The lowest BCUT2D eigenvalue weighted by atomic mass is 10.2. The fourth-order valence-corrected chi connectivity index (χ4v) is 2.62. The van der Waals surface area contributed by atoms with Crippen molar-refractivity contribution in [3.8, 4) is 5.75 Å². The van der Waals surface area contributed by atoms with Crippen LogP contribution in [0.3, 0.4) is 0 Å². The Balaban J connectivity index is 2.42. The number of hydrogen-bond donors (Lipinski definition) is 0. The van der Waals surface area contributed by atoms with Crippen molar-refractivity contribution in [3.63, 3.8) is 0 Å². The summed E-state index contributed by atoms with van der Waals surface area (Å²) in [5.74, 6) is 0.877. The van der Waals surface area contributed by atoms with Gasteiger partial charge in [-0.05, 0) is 50.7 Å². The molecule has 2 aromatic rings. The van der Waals surface area contributed by atoms with Gasteiger partial charge in [0.1, 0.15) is 11.4 Å². The molecule has 0 spiro atoms. The van der Waals surface area contributed by atoms with E-state index in [1.165, 1.54) is 0 Å². The van der Waals surface area contributed by atoms with Crippen molar-refractivity contribution in [2.45, 2.75) is 26.9 Å². The Bertz CT molecular complexity index is 609. The second-order valence-corrected chi connectivity index (χ2v) is 7.33. The molecule has 3 nitrogen and oxygen atoms in total. The van der Waals surface area contributed by atoms with Crippen molar-refractivity contribution < 1.29 is 4.43 Å². The van der Waals surface area contributed by atoms with Gasteiger partial charge in [0.05, 0.1) is 11.4 Å². The summed E-state index contributed by atoms with van der Waals surface area (Å²) < 4.78 is 5.97. The number of aromatic nitrogens is 1. The third-order valence-corrected chi connectivity index (χ3v) is 3.60. The van der Waals surface area contributed by atoms with Crippen molar-refractivity contribution in [1.29, 1.82) is 0 Å². The maximum Gasteiger partial charge on any atom is 0.229 e. The summed E-state index contributed by atoms with van der Waals surface area (Å²) in [4.78, 5) is 9.07. The summed E-state index contributed by atoms with van der Waals surface area (Å²) in [7, 11) is -1.15. The first-order valence-electron chi connectivity index (χ1n) is 6.81. The maximum atomic E-state index is 5.97. The smallest absolute Gasteiger partial charge is 0.229 e. The zero-order chi connectivity index (χ0) is 14.5. The van der Waals surface area contributed by atoms with Crippen molar-refractivity contribution in [2.24, 2.45) is 4.99 Å². The van der Waals surface area contributed by atoms with E-state index in [-0.39, 0.29) is 0 Å². The molecule has 0 aliphatic carbocycles. The number of pyridine rings is 1. The van der Waals surface area contributed by atoms with Crippen LogP contribution >= 0.6 is 0 Å². The summed E-state index contributed by atoms with van der Waals surface area (Å²) in [6, 6.07) is 11.9. The highest BCUT2D eigenvalue weighted by atomic mass is 28.3. The Kier molecular flexibility index (Phi) is 4.68. The quantitative estimate of drug-likeness (QED) is 0.630. The summed E-state index contributed by atoms with van der Waals surface area (Å²) in [6.07, 6.45) is 1.78. The number of aliphatic imine (C=N–C) groups is 1. The topological polar surface area (TPSA) is 34.5 Å². The SMILES string of the molecule is CC(=Nc1c(C)cccc1O[SiH](C)C)c1ccccn1. The number of nitrogens with zero attached hydrogens (tertiary/aromatic N) is 2. The van der Waals surface area contributed by atoms with Crippen LogP contribution in [0.15, 0.2) is 47.6 Å². The van der Waals surface area contributed by atoms with E-state index < -0.39 is 9.04 Å². The predicted molar refractivity (Wildman–Crippen MR) is 86.8 cm³/mol. The van der Waals surface area contributed by atoms with E-state index >= 15 is 0 Å². The summed E-state index contributed by atoms with van der Waals surface area (Å²) in [5.41, 5.74) is 3.82. The van der Waals surface area contributed by atoms with E-state index in [1.54, 1.807) is 6.20 Å². The highest BCUT2D eigenvalue weighted by molar-refractivity contribution is 6.49. The Morgan fingerprint density at radius 2 is 1.95 bits per heavy atom. The van der Waals surface area contributed by atoms with Crippen LogP contribution in [0.25, 0.3) is 0 Å². The zero-order valence-corrected chi connectivity index (χ0v) is 13.6. The molecule has 104 valence electrons. The molecule has 0 amide bonds. The lowest BCUT2D eigenvalue weighted by molar-refractivity contribution is 0.581. The molecule has 20 heavy (non-hydrogen) atoms. The van der Waals surface area contributed by atoms with Crippen LogP contribution in [-0.2, 0) is 0 Å². The Hall–Kier alpha value is -1.94. The monoisotopic (exact) mass is 284 g/mol. The van der Waals surface area contributed by atoms with Crippen LogP contribution in [0.4, 0.5) is 5.69 Å². The molecule has 0 bridgehead atoms. The second-order valence-electron chi connectivity index (χ2n) is 5.00. The summed E-state index contributed by atoms with van der Waals surface area (Å²) >= 11 is 0. The molecule has 0 aliphatic heterocycles. The highest BCUT2D eigenvalue weighted by Gasteiger charge is 2.09. The van der Waals surface area contributed by atoms with Gasteiger partial charge >= 0.3 is 0 Å². The number of hydrogen-bond acceptors (Lipinski definition) is 3. The zero-order valence-electron chi connectivity index (χ0n) is 12.4. The number of benzene rings is 1. The molecule has 1 aromatic heterocycles. The Labute approximate surface area is 122 Å². The van der Waals surface area contributed by atoms with Crippen LogP contribution in [0.2, 0.25) is 13.1 Å². The normalized spacial score (nSPS) is 11.8. The highest BCUT2D eigenvalue weighted by Crippen LogP contribution is 2.32. The van der Waals surface area contributed by atoms with Gasteiger partial charge in [-0.15, -0.1) is 0 Å². The van der Waals surface area contributed by atoms with Crippen molar-refractivity contribution in [2.75, 3.05) is 0 Å². The molecule has 0 unspecified atom stereocenters. The molecule has 0 N–H and O–H groups in total. The maximum absolute atomic E-state index is 5.97. The van der Waals surface area contributed by atoms with Gasteiger partial charge in [0.2, 0.25) is 9.04 Å².